The normalized spacial score (nSPS) is 32.8. The molecule has 1 amide bonds. The Morgan fingerprint density at radius 3 is 2.74 bits per heavy atom. The van der Waals surface area contributed by atoms with Gasteiger partial charge in [0.05, 0.1) is 24.4 Å². The Labute approximate surface area is 344 Å². The van der Waals surface area contributed by atoms with Gasteiger partial charge in [-0.2, -0.15) is 0 Å². The van der Waals surface area contributed by atoms with E-state index in [-0.39, 0.29) is 44.5 Å². The van der Waals surface area contributed by atoms with Crippen molar-refractivity contribution in [2.24, 2.45) is 22.5 Å². The lowest BCUT2D eigenvalue weighted by molar-refractivity contribution is -0.173. The highest BCUT2D eigenvalue weighted by Gasteiger charge is 2.68. The Hall–Kier alpha value is -3.92. The van der Waals surface area contributed by atoms with Crippen molar-refractivity contribution in [1.82, 2.24) is 10.6 Å². The van der Waals surface area contributed by atoms with E-state index in [0.717, 1.165) is 35.1 Å². The van der Waals surface area contributed by atoms with Gasteiger partial charge in [-0.05, 0) is 118 Å². The SMILES string of the molecule is C=C1C=C2C=CC3(CCC4(C(CCCO)C(=C(C)C(=O)Cc5cccc6c5C(NCC(C)O)C(=O)NC6N)CCC4(C)O)C3O)C(=C2)COCC#CCC(C)=CCC1. The average molecular weight is 794 g/mol. The lowest BCUT2D eigenvalue weighted by atomic mass is 9.51. The Kier molecular flexibility index (Phi) is 13.7. The van der Waals surface area contributed by atoms with Gasteiger partial charge in [0, 0.05) is 36.8 Å². The zero-order valence-corrected chi connectivity index (χ0v) is 34.7. The summed E-state index contributed by atoms with van der Waals surface area (Å²) < 4.78 is 6.19. The zero-order chi connectivity index (χ0) is 41.8. The smallest absolute Gasteiger partial charge is 0.243 e. The van der Waals surface area contributed by atoms with Crippen LogP contribution >= 0.6 is 0 Å². The first-order valence-corrected chi connectivity index (χ1v) is 21.0. The number of hydrogen-bond donors (Lipinski definition) is 7. The largest absolute Gasteiger partial charge is 0.396 e. The van der Waals surface area contributed by atoms with Crippen molar-refractivity contribution >= 4 is 11.7 Å². The summed E-state index contributed by atoms with van der Waals surface area (Å²) >= 11 is 0. The maximum absolute atomic E-state index is 14.5. The lowest BCUT2D eigenvalue weighted by Gasteiger charge is -2.56. The number of carbonyl (C=O) groups excluding carboxylic acids is 2. The van der Waals surface area contributed by atoms with Gasteiger partial charge >= 0.3 is 0 Å². The topological polar surface area (TPSA) is 174 Å². The number of Topliss-reactive ketones (excluding diaryl/α,β-unsaturated/α-hetero) is 1. The van der Waals surface area contributed by atoms with Gasteiger partial charge in [-0.25, -0.2) is 0 Å². The Morgan fingerprint density at radius 2 is 1.98 bits per heavy atom. The first kappa shape index (κ1) is 43.7. The predicted octanol–water partition coefficient (Wildman–Crippen LogP) is 5.40. The van der Waals surface area contributed by atoms with E-state index in [0.29, 0.717) is 67.2 Å². The van der Waals surface area contributed by atoms with Crippen LogP contribution in [0.4, 0.5) is 0 Å². The third-order valence-electron chi connectivity index (χ3n) is 13.6. The monoisotopic (exact) mass is 793 g/mol. The number of ketones is 1. The van der Waals surface area contributed by atoms with Crippen LogP contribution in [0, 0.1) is 28.6 Å². The summed E-state index contributed by atoms with van der Waals surface area (Å²) in [6.45, 7) is 12.3. The van der Waals surface area contributed by atoms with Gasteiger partial charge in [-0.15, -0.1) is 0 Å². The number of aliphatic hydroxyl groups excluding tert-OH is 3. The van der Waals surface area contributed by atoms with E-state index in [2.05, 4.69) is 66.4 Å². The second-order valence-electron chi connectivity index (χ2n) is 17.4. The molecule has 0 radical (unpaired) electrons. The molecule has 10 heteroatoms. The van der Waals surface area contributed by atoms with Crippen LogP contribution in [0.25, 0.3) is 0 Å². The van der Waals surface area contributed by atoms with Crippen LogP contribution in [-0.4, -0.2) is 76.3 Å². The molecule has 58 heavy (non-hydrogen) atoms. The Morgan fingerprint density at radius 1 is 1.19 bits per heavy atom. The van der Waals surface area contributed by atoms with Crippen LogP contribution in [-0.2, 0) is 20.7 Å². The molecule has 2 spiro atoms. The highest BCUT2D eigenvalue weighted by Crippen LogP contribution is 2.67. The summed E-state index contributed by atoms with van der Waals surface area (Å²) in [5, 5.41) is 51.7. The highest BCUT2D eigenvalue weighted by molar-refractivity contribution is 5.98. The summed E-state index contributed by atoms with van der Waals surface area (Å²) in [5.41, 5.74) is 10.8. The number of carbonyl (C=O) groups is 2. The molecule has 0 aromatic heterocycles. The summed E-state index contributed by atoms with van der Waals surface area (Å²) in [5.74, 6) is 5.51. The lowest BCUT2D eigenvalue weighted by Crippen LogP contribution is -2.61. The maximum atomic E-state index is 14.5. The molecule has 8 unspecified atom stereocenters. The van der Waals surface area contributed by atoms with Gasteiger partial charge in [0.2, 0.25) is 5.91 Å². The van der Waals surface area contributed by atoms with E-state index in [1.54, 1.807) is 6.92 Å². The second kappa shape index (κ2) is 18.1. The molecule has 2 bridgehead atoms. The molecule has 312 valence electrons. The first-order valence-electron chi connectivity index (χ1n) is 21.0. The van der Waals surface area contributed by atoms with Gasteiger partial charge in [0.15, 0.2) is 5.78 Å². The molecule has 0 saturated heterocycles. The van der Waals surface area contributed by atoms with Crippen LogP contribution < -0.4 is 16.4 Å². The Balaban J connectivity index is 1.37. The van der Waals surface area contributed by atoms with Gasteiger partial charge in [0.25, 0.3) is 0 Å². The number of allylic oxidation sites excluding steroid dienone is 9. The van der Waals surface area contributed by atoms with Crippen LogP contribution in [0.1, 0.15) is 114 Å². The molecule has 2 aliphatic heterocycles. The molecule has 5 aliphatic rings. The molecule has 10 nitrogen and oxygen atoms in total. The highest BCUT2D eigenvalue weighted by atomic mass is 16.5. The van der Waals surface area contributed by atoms with Crippen LogP contribution in [0.15, 0.2) is 88.6 Å². The Bertz CT molecular complexity index is 1990. The average Bonchev–Trinajstić information content (AvgIpc) is 3.46. The molecule has 2 saturated carbocycles. The molecule has 1 aromatic rings. The summed E-state index contributed by atoms with van der Waals surface area (Å²) in [6, 6.07) is 4.73. The number of fused-ring (bicyclic) bond motifs is 3. The van der Waals surface area contributed by atoms with Crippen LogP contribution in [0.5, 0.6) is 0 Å². The fourth-order valence-corrected chi connectivity index (χ4v) is 10.4. The zero-order valence-electron chi connectivity index (χ0n) is 34.7. The molecule has 8 N–H and O–H groups in total. The number of hydrogen-bond acceptors (Lipinski definition) is 9. The van der Waals surface area contributed by atoms with Gasteiger partial charge in [0.1, 0.15) is 18.8 Å². The number of benzene rings is 1. The summed E-state index contributed by atoms with van der Waals surface area (Å²) in [4.78, 5) is 27.7. The third-order valence-corrected chi connectivity index (χ3v) is 13.6. The van der Waals surface area contributed by atoms with E-state index in [1.165, 1.54) is 5.57 Å². The van der Waals surface area contributed by atoms with E-state index < -0.39 is 46.8 Å². The number of amides is 1. The quantitative estimate of drug-likeness (QED) is 0.0982. The second-order valence-corrected chi connectivity index (χ2v) is 17.4. The minimum absolute atomic E-state index is 0.0137. The summed E-state index contributed by atoms with van der Waals surface area (Å²) in [6.07, 6.45) is 13.2. The van der Waals surface area contributed by atoms with Crippen molar-refractivity contribution in [1.29, 1.82) is 0 Å². The van der Waals surface area contributed by atoms with Crippen molar-refractivity contribution in [3.63, 3.8) is 0 Å². The molecular weight excluding hydrogens is 731 g/mol. The molecule has 2 fully saturated rings. The minimum atomic E-state index is -1.29. The molecule has 8 atom stereocenters. The molecule has 2 heterocycles. The van der Waals surface area contributed by atoms with Crippen molar-refractivity contribution in [2.75, 3.05) is 26.4 Å². The summed E-state index contributed by atoms with van der Waals surface area (Å²) in [7, 11) is 0. The number of rotatable bonds is 9. The van der Waals surface area contributed by atoms with E-state index in [1.807, 2.05) is 32.0 Å². The van der Waals surface area contributed by atoms with E-state index in [4.69, 9.17) is 10.5 Å². The van der Waals surface area contributed by atoms with Crippen molar-refractivity contribution in [3.05, 3.63) is 105 Å². The van der Waals surface area contributed by atoms with Gasteiger partial charge in [-0.3, -0.25) is 14.9 Å². The van der Waals surface area contributed by atoms with E-state index >= 15 is 0 Å². The molecule has 3 aliphatic carbocycles. The fourth-order valence-electron chi connectivity index (χ4n) is 10.4. The molecule has 6 rings (SSSR count). The maximum Gasteiger partial charge on any atom is 0.243 e. The van der Waals surface area contributed by atoms with E-state index in [9.17, 15) is 30.0 Å². The minimum Gasteiger partial charge on any atom is -0.396 e. The molecular formula is C48H63N3O7. The van der Waals surface area contributed by atoms with Crippen LogP contribution in [0.3, 0.4) is 0 Å². The van der Waals surface area contributed by atoms with Gasteiger partial charge < -0.3 is 36.2 Å². The fraction of sp³-hybridized carbons (Fsp3) is 0.542. The predicted molar refractivity (Wildman–Crippen MR) is 226 cm³/mol. The number of aliphatic hydroxyl groups is 4. The standard InChI is InChI=1S/C48H63N3O7/c1-30-11-6-7-24-58-29-36-26-34(25-31(2)13-8-12-30)17-20-47(36)21-22-48(45(47)56)39(16-10-23-52)37(18-19-46(48,5)57)33(4)40(54)27-35-14-9-15-38-41(35)42(50-28-32(3)53)44(55)51-43(38)49/h9,12,14-15,17,20,25-26,32,39,42-43,45,50,52-53,56-57H,2,8,10-11,13,16,18-19,21-24,27-29,49H2,1,3-5H3,(H,51,55). The van der Waals surface area contributed by atoms with Crippen molar-refractivity contribution in [2.45, 2.75) is 122 Å². The number of ether oxygens (including phenoxy) is 1. The molecule has 1 aromatic carbocycles. The van der Waals surface area contributed by atoms with Crippen molar-refractivity contribution < 1.29 is 34.8 Å². The van der Waals surface area contributed by atoms with Crippen molar-refractivity contribution in [3.8, 4) is 11.8 Å². The number of nitrogens with two attached hydrogens (primary N) is 1. The number of nitrogens with one attached hydrogen (secondary N) is 2. The first-order chi connectivity index (χ1) is 27.6. The van der Waals surface area contributed by atoms with Gasteiger partial charge in [-0.1, -0.05) is 83.7 Å². The van der Waals surface area contributed by atoms with Crippen LogP contribution in [0.2, 0.25) is 0 Å². The third kappa shape index (κ3) is 8.55.